The number of aldehydes is 1. The molecule has 504 valence electrons. The van der Waals surface area contributed by atoms with Gasteiger partial charge in [-0.25, -0.2) is 0 Å². The largest absolute Gasteiger partial charge is 1.00 e. The third-order valence-corrected chi connectivity index (χ3v) is 17.1. The van der Waals surface area contributed by atoms with E-state index in [-0.39, 0.29) is 112 Å². The molecular formula is C62H108F4LiO19P. The second-order valence-corrected chi connectivity index (χ2v) is 24.3. The van der Waals surface area contributed by atoms with Crippen molar-refractivity contribution in [2.75, 3.05) is 54.5 Å². The molecule has 25 heteroatoms. The van der Waals surface area contributed by atoms with Gasteiger partial charge in [0.25, 0.3) is 0 Å². The monoisotopic (exact) mass is 1270 g/mol. The van der Waals surface area contributed by atoms with Gasteiger partial charge in [-0.05, 0) is 88.8 Å². The Morgan fingerprint density at radius 2 is 1.05 bits per heavy atom. The van der Waals surface area contributed by atoms with Crippen molar-refractivity contribution in [2.45, 2.75) is 252 Å². The van der Waals surface area contributed by atoms with Gasteiger partial charge in [-0.1, -0.05) is 92.6 Å². The third-order valence-electron chi connectivity index (χ3n) is 15.8. The van der Waals surface area contributed by atoms with E-state index in [1.54, 1.807) is 26.6 Å². The zero-order valence-corrected chi connectivity index (χ0v) is 54.4. The first kappa shape index (κ1) is 87.9. The number of methoxy groups -OCH3 is 2. The number of ketones is 2. The Morgan fingerprint density at radius 3 is 1.41 bits per heavy atom. The standard InChI is InChI=1S/C29H46F2O7.C21H34O7.C10H19F2O2P.CH4O.CH4.Li.O2.H/c1-5-20(2)19-29(30,31)26(33)16-15-23-22(12-8-6-7-9-13-27(34)35-4)24(37-21(3)32)18-25(23)38-28-14-10-11-17-36-28;1-15(23)27-18-13-19(28-21-11-7-8-12-26-21)17(14-22)16(18)9-5-3-4-6-10-20(24)25-2;1-5-8(2)6-10(11,12)9(13)7-15(4)14-3;1-2;;;1-2;/h15-16,20,22-25,28H,5-14,17-19H2,1-4H3;14,16-19,21H,3-13H2,1-2H3;8H,5-7H2,1-4H3;2H,1H3;1H4;;;/q;;;;;+1;;-1/b16-15+;;;;;;;/t20-,22?,23+,24?,25?,28?;16?,17-,18?,19?,21?;8-,15?;;;;;/m010...../s1. The van der Waals surface area contributed by atoms with E-state index in [0.717, 1.165) is 116 Å². The van der Waals surface area contributed by atoms with Crippen LogP contribution in [0.25, 0.3) is 0 Å². The number of alkyl halides is 4. The SMILES string of the molecule is C.CC[C@H](C)CC(F)(F)C(=O)/C=C/[C@H]1C(OC2CCCCO2)CC(OC(C)=O)C1CCCCCCC(=O)OC.CC[C@H](C)CC(F)(F)C(=O)CP(C)OC.CO.COC(=O)CCCCCCC1C(OC(C)=O)CC(OC2CCCCO2)[C@@H]1C=O.O=O.[H-].[Li+]. The Labute approximate surface area is 530 Å². The molecule has 1 N–H and O–H groups in total. The van der Waals surface area contributed by atoms with Crippen LogP contribution in [0.3, 0.4) is 0 Å². The maximum absolute atomic E-state index is 14.6. The molecule has 0 radical (unpaired) electrons. The Balaban J connectivity index is -0.000000621. The molecule has 0 spiro atoms. The van der Waals surface area contributed by atoms with Gasteiger partial charge < -0.3 is 53.7 Å². The molecule has 2 saturated carbocycles. The van der Waals surface area contributed by atoms with Crippen molar-refractivity contribution < 1.29 is 119 Å². The summed E-state index contributed by atoms with van der Waals surface area (Å²) in [5.74, 6) is -11.2. The van der Waals surface area contributed by atoms with Gasteiger partial charge in [-0.2, -0.15) is 17.6 Å². The second kappa shape index (κ2) is 50.4. The predicted octanol–water partition coefficient (Wildman–Crippen LogP) is 10.1. The number of halogens is 4. The number of rotatable bonds is 34. The molecule has 9 unspecified atom stereocenters. The zero-order chi connectivity index (χ0) is 64.5. The summed E-state index contributed by atoms with van der Waals surface area (Å²) in [4.78, 5) is 95.5. The van der Waals surface area contributed by atoms with E-state index in [9.17, 15) is 51.1 Å². The molecule has 2 heterocycles. The Bertz CT molecular complexity index is 1920. The van der Waals surface area contributed by atoms with Gasteiger partial charge in [-0.15, -0.1) is 0 Å². The molecule has 19 nitrogen and oxygen atoms in total. The molecule has 0 aromatic rings. The van der Waals surface area contributed by atoms with Crippen LogP contribution in [0.4, 0.5) is 17.6 Å². The van der Waals surface area contributed by atoms with Crippen LogP contribution < -0.4 is 18.9 Å². The maximum atomic E-state index is 14.6. The summed E-state index contributed by atoms with van der Waals surface area (Å²) in [5, 5.41) is 7.00. The van der Waals surface area contributed by atoms with E-state index < -0.39 is 62.4 Å². The van der Waals surface area contributed by atoms with Crippen LogP contribution in [0.1, 0.15) is 204 Å². The number of Topliss-reactive ketones (excluding diaryl/α,β-unsaturated/α-hetero) is 1. The molecule has 2 saturated heterocycles. The smallest absolute Gasteiger partial charge is 1.00 e. The average molecular weight is 1270 g/mol. The summed E-state index contributed by atoms with van der Waals surface area (Å²) >= 11 is 0. The number of unbranched alkanes of at least 4 members (excludes halogenated alkanes) is 6. The van der Waals surface area contributed by atoms with Crippen LogP contribution >= 0.6 is 8.15 Å². The number of esters is 4. The molecule has 0 aromatic heterocycles. The average Bonchev–Trinajstić information content (AvgIpc) is 2.20. The van der Waals surface area contributed by atoms with Crippen LogP contribution in [-0.2, 0) is 76.0 Å². The molecule has 4 fully saturated rings. The summed E-state index contributed by atoms with van der Waals surface area (Å²) < 4.78 is 105. The zero-order valence-electron chi connectivity index (χ0n) is 54.5. The first-order valence-electron chi connectivity index (χ1n) is 30.3. The summed E-state index contributed by atoms with van der Waals surface area (Å²) in [6.07, 6.45) is 17.3. The number of ether oxygens (including phenoxy) is 8. The van der Waals surface area contributed by atoms with Crippen LogP contribution in [0, 0.1) is 45.4 Å². The summed E-state index contributed by atoms with van der Waals surface area (Å²) in [6, 6.07) is 0. The van der Waals surface area contributed by atoms with Crippen LogP contribution in [0.2, 0.25) is 0 Å². The summed E-state index contributed by atoms with van der Waals surface area (Å²) in [7, 11) is 4.16. The fourth-order valence-electron chi connectivity index (χ4n) is 10.7. The molecule has 4 aliphatic rings. The van der Waals surface area contributed by atoms with Gasteiger partial charge in [0.1, 0.15) is 18.5 Å². The first-order valence-corrected chi connectivity index (χ1v) is 32.2. The molecule has 87 heavy (non-hydrogen) atoms. The van der Waals surface area contributed by atoms with Crippen molar-refractivity contribution in [3.63, 3.8) is 0 Å². The van der Waals surface area contributed by atoms with Crippen molar-refractivity contribution >= 4 is 49.9 Å². The normalized spacial score (nSPS) is 24.3. The summed E-state index contributed by atoms with van der Waals surface area (Å²) in [5.41, 5.74) is 0. The van der Waals surface area contributed by atoms with Gasteiger partial charge >= 0.3 is 54.6 Å². The number of allylic oxidation sites excluding steroid dienone is 1. The number of carbonyl (C=O) groups excluding carboxylic acids is 7. The second-order valence-electron chi connectivity index (χ2n) is 22.3. The number of hydrogen-bond acceptors (Lipinski definition) is 19. The minimum absolute atomic E-state index is 0. The molecule has 4 rings (SSSR count). The third kappa shape index (κ3) is 36.4. The molecular weight excluding hydrogens is 1160 g/mol. The Kier molecular flexibility index (Phi) is 50.9. The van der Waals surface area contributed by atoms with Crippen molar-refractivity contribution in [1.82, 2.24) is 0 Å². The van der Waals surface area contributed by atoms with E-state index in [1.807, 2.05) is 13.8 Å². The minimum Gasteiger partial charge on any atom is -1.00 e. The minimum atomic E-state index is -3.43. The van der Waals surface area contributed by atoms with E-state index in [4.69, 9.17) is 48.0 Å². The van der Waals surface area contributed by atoms with Gasteiger partial charge in [0.2, 0.25) is 11.6 Å². The van der Waals surface area contributed by atoms with Crippen LogP contribution in [-0.4, -0.2) is 150 Å². The van der Waals surface area contributed by atoms with Gasteiger partial charge in [0.05, 0.1) is 32.6 Å². The van der Waals surface area contributed by atoms with Crippen LogP contribution in [0.5, 0.6) is 0 Å². The first-order chi connectivity index (χ1) is 40.4. The van der Waals surface area contributed by atoms with E-state index in [0.29, 0.717) is 58.2 Å². The molecule has 2 aliphatic carbocycles. The van der Waals surface area contributed by atoms with Crippen LogP contribution in [0.15, 0.2) is 12.2 Å². The fraction of sp³-hybridized carbons (Fsp3) is 0.855. The van der Waals surface area contributed by atoms with Crippen molar-refractivity contribution in [1.29, 1.82) is 0 Å². The van der Waals surface area contributed by atoms with Crippen molar-refractivity contribution in [3.05, 3.63) is 22.1 Å². The number of aliphatic hydroxyl groups is 1. The topological polar surface area (TPSA) is 257 Å². The van der Waals surface area contributed by atoms with Crippen molar-refractivity contribution in [3.8, 4) is 0 Å². The maximum Gasteiger partial charge on any atom is 1.00 e. The number of carbonyl (C=O) groups is 7. The molecule has 13 atom stereocenters. The predicted molar refractivity (Wildman–Crippen MR) is 321 cm³/mol. The van der Waals surface area contributed by atoms with Crippen molar-refractivity contribution in [2.24, 2.45) is 35.5 Å². The van der Waals surface area contributed by atoms with Gasteiger partial charge in [0, 0.05) is 122 Å². The molecule has 0 bridgehead atoms. The molecule has 0 amide bonds. The van der Waals surface area contributed by atoms with E-state index >= 15 is 0 Å². The number of aliphatic hydroxyl groups excluding tert-OH is 1. The number of hydrogen-bond donors (Lipinski definition) is 1. The molecule has 2 aliphatic heterocycles. The Hall–Kier alpha value is -3.26. The Morgan fingerprint density at radius 1 is 0.644 bits per heavy atom. The quantitative estimate of drug-likeness (QED) is 0.00918. The van der Waals surface area contributed by atoms with E-state index in [1.165, 1.54) is 35.2 Å². The van der Waals surface area contributed by atoms with Gasteiger partial charge in [-0.3, -0.25) is 28.8 Å². The molecule has 0 aromatic carbocycles. The van der Waals surface area contributed by atoms with Gasteiger partial charge in [0.15, 0.2) is 12.6 Å². The fourth-order valence-corrected chi connectivity index (χ4v) is 11.5. The summed E-state index contributed by atoms with van der Waals surface area (Å²) in [6.45, 7) is 12.8. The van der Waals surface area contributed by atoms with E-state index in [2.05, 4.69) is 9.47 Å².